The number of aliphatic hydroxyl groups excluding tert-OH is 1. The molecule has 1 unspecified atom stereocenters. The average Bonchev–Trinajstić information content (AvgIpc) is 2.47. The zero-order valence-electron chi connectivity index (χ0n) is 12.1. The van der Waals surface area contributed by atoms with Crippen LogP contribution in [0.15, 0.2) is 18.2 Å². The number of benzene rings is 1. The van der Waals surface area contributed by atoms with Crippen LogP contribution in [0.4, 0.5) is 11.4 Å². The summed E-state index contributed by atoms with van der Waals surface area (Å²) in [5.74, 6) is 0.132. The van der Waals surface area contributed by atoms with E-state index in [1.807, 2.05) is 0 Å². The third-order valence-corrected chi connectivity index (χ3v) is 3.98. The molecule has 6 nitrogen and oxygen atoms in total. The first kappa shape index (κ1) is 15.4. The highest BCUT2D eigenvalue weighted by molar-refractivity contribution is 5.99. The van der Waals surface area contributed by atoms with Crippen molar-refractivity contribution in [2.75, 3.05) is 24.6 Å². The van der Waals surface area contributed by atoms with Crippen LogP contribution < -0.4 is 4.90 Å². The molecule has 2 rings (SSSR count). The summed E-state index contributed by atoms with van der Waals surface area (Å²) in [4.78, 5) is 24.2. The maximum atomic E-state index is 11.6. The fraction of sp³-hybridized carbons (Fsp3) is 0.533. The number of hydrogen-bond donors (Lipinski definition) is 1. The van der Waals surface area contributed by atoms with Crippen molar-refractivity contribution >= 4 is 17.2 Å². The number of piperidine rings is 1. The third kappa shape index (κ3) is 3.58. The van der Waals surface area contributed by atoms with E-state index in [-0.39, 0.29) is 23.6 Å². The number of anilines is 1. The van der Waals surface area contributed by atoms with E-state index in [1.165, 1.54) is 13.0 Å². The van der Waals surface area contributed by atoms with Crippen LogP contribution in [0, 0.1) is 16.0 Å². The van der Waals surface area contributed by atoms with Gasteiger partial charge in [0.15, 0.2) is 5.78 Å². The van der Waals surface area contributed by atoms with Gasteiger partial charge in [-0.1, -0.05) is 0 Å². The summed E-state index contributed by atoms with van der Waals surface area (Å²) in [6.07, 6.45) is 2.88. The predicted octanol–water partition coefficient (Wildman–Crippen LogP) is 2.40. The van der Waals surface area contributed by atoms with Gasteiger partial charge >= 0.3 is 0 Å². The molecule has 1 aromatic carbocycles. The molecule has 1 saturated heterocycles. The summed E-state index contributed by atoms with van der Waals surface area (Å²) >= 11 is 0. The zero-order chi connectivity index (χ0) is 15.4. The summed E-state index contributed by atoms with van der Waals surface area (Å²) in [7, 11) is 0. The molecule has 1 heterocycles. The first-order chi connectivity index (χ1) is 10.0. The van der Waals surface area contributed by atoms with Crippen LogP contribution >= 0.6 is 0 Å². The van der Waals surface area contributed by atoms with E-state index < -0.39 is 4.92 Å². The highest BCUT2D eigenvalue weighted by Crippen LogP contribution is 2.29. The minimum Gasteiger partial charge on any atom is -0.396 e. The Bertz CT molecular complexity index is 542. The molecular weight excluding hydrogens is 272 g/mol. The van der Waals surface area contributed by atoms with Crippen LogP contribution in [-0.2, 0) is 0 Å². The van der Waals surface area contributed by atoms with Crippen molar-refractivity contribution in [1.82, 2.24) is 0 Å². The number of carbonyl (C=O) groups is 1. The van der Waals surface area contributed by atoms with E-state index in [0.29, 0.717) is 5.92 Å². The Hall–Kier alpha value is -1.95. The van der Waals surface area contributed by atoms with Gasteiger partial charge in [-0.3, -0.25) is 14.9 Å². The summed E-state index contributed by atoms with van der Waals surface area (Å²) in [6.45, 7) is 3.21. The molecule has 0 radical (unpaired) electrons. The summed E-state index contributed by atoms with van der Waals surface area (Å²) < 4.78 is 0. The molecule has 1 fully saturated rings. The third-order valence-electron chi connectivity index (χ3n) is 3.98. The largest absolute Gasteiger partial charge is 0.396 e. The van der Waals surface area contributed by atoms with Crippen molar-refractivity contribution < 1.29 is 14.8 Å². The maximum Gasteiger partial charge on any atom is 0.280 e. The van der Waals surface area contributed by atoms with Crippen molar-refractivity contribution in [3.05, 3.63) is 33.9 Å². The molecule has 0 aromatic heterocycles. The lowest BCUT2D eigenvalue weighted by atomic mass is 9.94. The molecule has 0 aliphatic carbocycles. The Morgan fingerprint density at radius 3 is 2.90 bits per heavy atom. The second-order valence-electron chi connectivity index (χ2n) is 5.48. The van der Waals surface area contributed by atoms with Gasteiger partial charge in [0, 0.05) is 31.5 Å². The molecule has 0 bridgehead atoms. The van der Waals surface area contributed by atoms with Crippen molar-refractivity contribution in [3.63, 3.8) is 0 Å². The van der Waals surface area contributed by atoms with Crippen LogP contribution in [0.3, 0.4) is 0 Å². The molecule has 1 atom stereocenters. The van der Waals surface area contributed by atoms with Crippen molar-refractivity contribution in [3.8, 4) is 0 Å². The monoisotopic (exact) mass is 292 g/mol. The van der Waals surface area contributed by atoms with Crippen LogP contribution in [0.1, 0.15) is 36.5 Å². The number of Topliss-reactive ketones (excluding diaryl/α,β-unsaturated/α-hetero) is 1. The smallest absolute Gasteiger partial charge is 0.280 e. The normalized spacial score (nSPS) is 18.6. The number of ketones is 1. The Balaban J connectivity index is 2.25. The molecule has 0 spiro atoms. The molecule has 1 N–H and O–H groups in total. The van der Waals surface area contributed by atoms with E-state index >= 15 is 0 Å². The van der Waals surface area contributed by atoms with Crippen LogP contribution in [0.5, 0.6) is 0 Å². The first-order valence-electron chi connectivity index (χ1n) is 7.18. The molecule has 0 amide bonds. The molecule has 0 saturated carbocycles. The second-order valence-corrected chi connectivity index (χ2v) is 5.48. The molecule has 114 valence electrons. The van der Waals surface area contributed by atoms with E-state index in [4.69, 9.17) is 5.11 Å². The topological polar surface area (TPSA) is 83.7 Å². The molecule has 1 aliphatic heterocycles. The molecule has 1 aromatic rings. The number of rotatable bonds is 5. The number of aliphatic hydroxyl groups is 1. The van der Waals surface area contributed by atoms with E-state index in [9.17, 15) is 14.9 Å². The molecule has 1 aliphatic rings. The van der Waals surface area contributed by atoms with Gasteiger partial charge < -0.3 is 10.0 Å². The van der Waals surface area contributed by atoms with Crippen molar-refractivity contribution in [2.24, 2.45) is 5.92 Å². The Kier molecular flexibility index (Phi) is 4.90. The number of nitro benzene ring substituents is 1. The minimum atomic E-state index is -0.523. The Morgan fingerprint density at radius 1 is 1.52 bits per heavy atom. The second kappa shape index (κ2) is 6.67. The highest BCUT2D eigenvalue weighted by atomic mass is 16.6. The lowest BCUT2D eigenvalue weighted by molar-refractivity contribution is -0.385. The van der Waals surface area contributed by atoms with Crippen molar-refractivity contribution in [1.29, 1.82) is 0 Å². The standard InChI is InChI=1S/C15H20N2O4/c1-11(19)14-9-13(4-5-15(14)17(20)21)16-7-2-3-12(10-16)6-8-18/h4-5,9,12,18H,2-3,6-8,10H2,1H3. The van der Waals surface area contributed by atoms with Gasteiger partial charge in [-0.2, -0.15) is 0 Å². The molecular formula is C15H20N2O4. The van der Waals surface area contributed by atoms with Gasteiger partial charge in [0.25, 0.3) is 5.69 Å². The molecule has 6 heteroatoms. The van der Waals surface area contributed by atoms with Gasteiger partial charge in [-0.25, -0.2) is 0 Å². The maximum absolute atomic E-state index is 11.6. The van der Waals surface area contributed by atoms with Crippen LogP contribution in [-0.4, -0.2) is 35.5 Å². The number of hydrogen-bond acceptors (Lipinski definition) is 5. The van der Waals surface area contributed by atoms with Gasteiger partial charge in [0.2, 0.25) is 0 Å². The quantitative estimate of drug-likeness (QED) is 0.512. The lowest BCUT2D eigenvalue weighted by Crippen LogP contribution is -2.35. The summed E-state index contributed by atoms with van der Waals surface area (Å²) in [5, 5.41) is 20.0. The van der Waals surface area contributed by atoms with Gasteiger partial charge in [0.05, 0.1) is 10.5 Å². The average molecular weight is 292 g/mol. The van der Waals surface area contributed by atoms with Gasteiger partial charge in [-0.15, -0.1) is 0 Å². The van der Waals surface area contributed by atoms with E-state index in [0.717, 1.165) is 38.0 Å². The van der Waals surface area contributed by atoms with Crippen LogP contribution in [0.25, 0.3) is 0 Å². The molecule has 21 heavy (non-hydrogen) atoms. The number of nitro groups is 1. The minimum absolute atomic E-state index is 0.143. The summed E-state index contributed by atoms with van der Waals surface area (Å²) in [6, 6.07) is 4.72. The van der Waals surface area contributed by atoms with Crippen LogP contribution in [0.2, 0.25) is 0 Å². The zero-order valence-corrected chi connectivity index (χ0v) is 12.1. The lowest BCUT2D eigenvalue weighted by Gasteiger charge is -2.34. The number of nitrogens with zero attached hydrogens (tertiary/aromatic N) is 2. The summed E-state index contributed by atoms with van der Waals surface area (Å²) in [5.41, 5.74) is 0.852. The predicted molar refractivity (Wildman–Crippen MR) is 79.7 cm³/mol. The Morgan fingerprint density at radius 2 is 2.29 bits per heavy atom. The fourth-order valence-corrected chi connectivity index (χ4v) is 2.88. The van der Waals surface area contributed by atoms with Gasteiger partial charge in [-0.05, 0) is 44.2 Å². The number of carbonyl (C=O) groups excluding carboxylic acids is 1. The SMILES string of the molecule is CC(=O)c1cc(N2CCCC(CCO)C2)ccc1[N+](=O)[O-]. The van der Waals surface area contributed by atoms with Crippen molar-refractivity contribution in [2.45, 2.75) is 26.2 Å². The van der Waals surface area contributed by atoms with Gasteiger partial charge in [0.1, 0.15) is 0 Å². The Labute approximate surface area is 123 Å². The van der Waals surface area contributed by atoms with E-state index in [2.05, 4.69) is 4.90 Å². The highest BCUT2D eigenvalue weighted by Gasteiger charge is 2.23. The first-order valence-corrected chi connectivity index (χ1v) is 7.18. The van der Waals surface area contributed by atoms with E-state index in [1.54, 1.807) is 12.1 Å². The fourth-order valence-electron chi connectivity index (χ4n) is 2.88.